The SMILES string of the molecule is CCOC(=O)C[C@H](O)[C@H](CC(C)C)NOC(=O)[C@@H](NC(=O)OC(C)(C)C)[C@@H](C)CC. The quantitative estimate of drug-likeness (QED) is 0.244. The molecule has 0 heterocycles. The molecule has 0 aromatic carbocycles. The van der Waals surface area contributed by atoms with Crippen molar-refractivity contribution < 1.29 is 33.8 Å². The summed E-state index contributed by atoms with van der Waals surface area (Å²) in [6, 6.07) is -1.60. The monoisotopic (exact) mass is 432 g/mol. The summed E-state index contributed by atoms with van der Waals surface area (Å²) >= 11 is 0. The van der Waals surface area contributed by atoms with Crippen LogP contribution in [0.3, 0.4) is 0 Å². The number of aliphatic hydroxyl groups excluding tert-OH is 1. The zero-order chi connectivity index (χ0) is 23.5. The highest BCUT2D eigenvalue weighted by Crippen LogP contribution is 2.14. The Bertz CT molecular complexity index is 546. The van der Waals surface area contributed by atoms with Gasteiger partial charge in [-0.1, -0.05) is 34.1 Å². The second-order valence-corrected chi connectivity index (χ2v) is 8.86. The van der Waals surface area contributed by atoms with E-state index in [1.165, 1.54) is 0 Å². The van der Waals surface area contributed by atoms with Crippen LogP contribution in [0.2, 0.25) is 0 Å². The topological polar surface area (TPSA) is 123 Å². The molecule has 0 rings (SSSR count). The molecule has 0 radical (unpaired) electrons. The van der Waals surface area contributed by atoms with E-state index in [1.807, 2.05) is 27.7 Å². The minimum absolute atomic E-state index is 0.170. The summed E-state index contributed by atoms with van der Waals surface area (Å²) in [5.41, 5.74) is 1.88. The van der Waals surface area contributed by atoms with Gasteiger partial charge in [0.2, 0.25) is 0 Å². The van der Waals surface area contributed by atoms with Gasteiger partial charge in [-0.2, -0.15) is 0 Å². The fourth-order valence-corrected chi connectivity index (χ4v) is 2.63. The first-order chi connectivity index (χ1) is 13.8. The van der Waals surface area contributed by atoms with Crippen LogP contribution in [0, 0.1) is 11.8 Å². The molecule has 0 saturated heterocycles. The average Bonchev–Trinajstić information content (AvgIpc) is 2.60. The number of esters is 1. The standard InChI is InChI=1S/C21H40N2O7/c1-9-14(5)18(22-20(27)29-21(6,7)8)19(26)30-23-15(11-13(3)4)16(24)12-17(25)28-10-2/h13-16,18,23-24H,9-12H2,1-8H3,(H,22,27)/t14-,15-,16-,18-/m0/s1. The fraction of sp³-hybridized carbons (Fsp3) is 0.857. The Morgan fingerprint density at radius 3 is 2.13 bits per heavy atom. The van der Waals surface area contributed by atoms with Crippen molar-refractivity contribution in [1.82, 2.24) is 10.8 Å². The average molecular weight is 433 g/mol. The lowest BCUT2D eigenvalue weighted by atomic mass is 9.98. The summed E-state index contributed by atoms with van der Waals surface area (Å²) in [5.74, 6) is -1.27. The van der Waals surface area contributed by atoms with Gasteiger partial charge in [0.15, 0.2) is 0 Å². The number of hydroxylamine groups is 1. The third kappa shape index (κ3) is 12.0. The maximum atomic E-state index is 12.7. The molecule has 4 atom stereocenters. The Hall–Kier alpha value is -1.87. The van der Waals surface area contributed by atoms with Gasteiger partial charge in [0, 0.05) is 0 Å². The van der Waals surface area contributed by atoms with Crippen molar-refractivity contribution in [2.75, 3.05) is 6.61 Å². The molecule has 0 aromatic rings. The summed E-state index contributed by atoms with van der Waals surface area (Å²) < 4.78 is 10.1. The lowest BCUT2D eigenvalue weighted by molar-refractivity contribution is -0.160. The van der Waals surface area contributed by atoms with Gasteiger partial charge < -0.3 is 24.7 Å². The van der Waals surface area contributed by atoms with Gasteiger partial charge in [-0.15, -0.1) is 5.48 Å². The van der Waals surface area contributed by atoms with E-state index >= 15 is 0 Å². The molecular formula is C21H40N2O7. The van der Waals surface area contributed by atoms with E-state index in [9.17, 15) is 19.5 Å². The van der Waals surface area contributed by atoms with Crippen molar-refractivity contribution in [3.63, 3.8) is 0 Å². The number of hydrogen-bond donors (Lipinski definition) is 3. The normalized spacial score (nSPS) is 15.7. The Kier molecular flexibility index (Phi) is 12.6. The second-order valence-electron chi connectivity index (χ2n) is 8.86. The number of rotatable bonds is 12. The van der Waals surface area contributed by atoms with E-state index in [0.29, 0.717) is 12.8 Å². The molecule has 3 N–H and O–H groups in total. The van der Waals surface area contributed by atoms with Crippen molar-refractivity contribution >= 4 is 18.0 Å². The predicted octanol–water partition coefficient (Wildman–Crippen LogP) is 2.70. The highest BCUT2D eigenvalue weighted by molar-refractivity contribution is 5.81. The number of aliphatic hydroxyl groups is 1. The first-order valence-electron chi connectivity index (χ1n) is 10.6. The van der Waals surface area contributed by atoms with Crippen LogP contribution in [0.25, 0.3) is 0 Å². The van der Waals surface area contributed by atoms with E-state index in [1.54, 1.807) is 27.7 Å². The van der Waals surface area contributed by atoms with E-state index in [0.717, 1.165) is 0 Å². The predicted molar refractivity (Wildman–Crippen MR) is 112 cm³/mol. The zero-order valence-electron chi connectivity index (χ0n) is 19.6. The van der Waals surface area contributed by atoms with E-state index in [2.05, 4.69) is 10.8 Å². The first-order valence-corrected chi connectivity index (χ1v) is 10.6. The van der Waals surface area contributed by atoms with Gasteiger partial charge in [0.05, 0.1) is 25.2 Å². The van der Waals surface area contributed by atoms with Crippen LogP contribution in [0.4, 0.5) is 4.79 Å². The van der Waals surface area contributed by atoms with Crippen LogP contribution in [0.15, 0.2) is 0 Å². The molecule has 0 saturated carbocycles. The number of amides is 1. The summed E-state index contributed by atoms with van der Waals surface area (Å²) in [6.07, 6.45) is -0.954. The number of carbonyl (C=O) groups is 3. The minimum Gasteiger partial charge on any atom is -0.466 e. The molecule has 30 heavy (non-hydrogen) atoms. The molecule has 0 bridgehead atoms. The molecule has 0 aliphatic heterocycles. The maximum absolute atomic E-state index is 12.7. The number of nitrogens with one attached hydrogen (secondary N) is 2. The van der Waals surface area contributed by atoms with Crippen molar-refractivity contribution in [2.24, 2.45) is 11.8 Å². The van der Waals surface area contributed by atoms with Crippen LogP contribution >= 0.6 is 0 Å². The molecular weight excluding hydrogens is 392 g/mol. The lowest BCUT2D eigenvalue weighted by Gasteiger charge is -2.28. The molecule has 9 heteroatoms. The zero-order valence-corrected chi connectivity index (χ0v) is 19.6. The second kappa shape index (κ2) is 13.4. The molecule has 9 nitrogen and oxygen atoms in total. The van der Waals surface area contributed by atoms with Crippen LogP contribution in [0.1, 0.15) is 74.7 Å². The Morgan fingerprint density at radius 1 is 1.07 bits per heavy atom. The molecule has 0 aromatic heterocycles. The highest BCUT2D eigenvalue weighted by atomic mass is 16.7. The Morgan fingerprint density at radius 2 is 1.67 bits per heavy atom. The van der Waals surface area contributed by atoms with Crippen molar-refractivity contribution in [2.45, 2.75) is 98.4 Å². The molecule has 176 valence electrons. The lowest BCUT2D eigenvalue weighted by Crippen LogP contribution is -2.51. The van der Waals surface area contributed by atoms with Crippen molar-refractivity contribution in [3.8, 4) is 0 Å². The number of alkyl carbamates (subject to hydrolysis) is 1. The molecule has 0 spiro atoms. The van der Waals surface area contributed by atoms with Crippen molar-refractivity contribution in [3.05, 3.63) is 0 Å². The van der Waals surface area contributed by atoms with Gasteiger partial charge in [-0.25, -0.2) is 9.59 Å². The molecule has 0 aliphatic carbocycles. The highest BCUT2D eigenvalue weighted by Gasteiger charge is 2.31. The molecule has 1 amide bonds. The third-order valence-corrected chi connectivity index (χ3v) is 4.32. The number of ether oxygens (including phenoxy) is 2. The maximum Gasteiger partial charge on any atom is 0.408 e. The van der Waals surface area contributed by atoms with Gasteiger partial charge in [0.25, 0.3) is 0 Å². The summed E-state index contributed by atoms with van der Waals surface area (Å²) in [4.78, 5) is 41.7. The van der Waals surface area contributed by atoms with Crippen LogP contribution in [-0.4, -0.2) is 53.5 Å². The molecule has 0 unspecified atom stereocenters. The summed E-state index contributed by atoms with van der Waals surface area (Å²) in [6.45, 7) is 14.7. The summed E-state index contributed by atoms with van der Waals surface area (Å²) in [7, 11) is 0. The van der Waals surface area contributed by atoms with Crippen LogP contribution in [0.5, 0.6) is 0 Å². The van der Waals surface area contributed by atoms with Gasteiger partial charge >= 0.3 is 18.0 Å². The summed E-state index contributed by atoms with van der Waals surface area (Å²) in [5, 5.41) is 12.9. The Balaban J connectivity index is 5.10. The Labute approximate surface area is 180 Å². The fourth-order valence-electron chi connectivity index (χ4n) is 2.63. The molecule has 0 fully saturated rings. The smallest absolute Gasteiger partial charge is 0.408 e. The van der Waals surface area contributed by atoms with Gasteiger partial charge in [-0.3, -0.25) is 4.79 Å². The van der Waals surface area contributed by atoms with Gasteiger partial charge in [0.1, 0.15) is 11.6 Å². The van der Waals surface area contributed by atoms with Crippen LogP contribution < -0.4 is 10.8 Å². The van der Waals surface area contributed by atoms with Gasteiger partial charge in [-0.05, 0) is 46.0 Å². The van der Waals surface area contributed by atoms with Crippen LogP contribution in [-0.2, 0) is 23.9 Å². The first kappa shape index (κ1) is 28.1. The molecule has 0 aliphatic rings. The minimum atomic E-state index is -1.10. The van der Waals surface area contributed by atoms with E-state index in [-0.39, 0.29) is 24.9 Å². The largest absolute Gasteiger partial charge is 0.466 e. The number of hydrogen-bond acceptors (Lipinski definition) is 8. The number of carbonyl (C=O) groups excluding carboxylic acids is 3. The van der Waals surface area contributed by atoms with E-state index < -0.39 is 41.8 Å². The van der Waals surface area contributed by atoms with Crippen molar-refractivity contribution in [1.29, 1.82) is 0 Å². The van der Waals surface area contributed by atoms with E-state index in [4.69, 9.17) is 14.3 Å². The third-order valence-electron chi connectivity index (χ3n) is 4.32.